The van der Waals surface area contributed by atoms with Crippen LogP contribution >= 0.6 is 0 Å². The summed E-state index contributed by atoms with van der Waals surface area (Å²) in [6.45, 7) is -0.691. The predicted molar refractivity (Wildman–Crippen MR) is 52.5 cm³/mol. The van der Waals surface area contributed by atoms with Gasteiger partial charge < -0.3 is 29.4 Å². The molecular formula is C7H12N2O10. The zero-order chi connectivity index (χ0) is 14.6. The van der Waals surface area contributed by atoms with Gasteiger partial charge in [-0.25, -0.2) is 0 Å². The van der Waals surface area contributed by atoms with Gasteiger partial charge in [-0.15, -0.1) is 20.2 Å². The van der Waals surface area contributed by atoms with E-state index in [1.54, 1.807) is 0 Å². The highest BCUT2D eigenvalue weighted by molar-refractivity contribution is 4.90. The molecule has 0 saturated carbocycles. The summed E-state index contributed by atoms with van der Waals surface area (Å²) in [5, 5.41) is 36.9. The first-order chi connectivity index (χ1) is 8.90. The van der Waals surface area contributed by atoms with Crippen molar-refractivity contribution < 1.29 is 39.5 Å². The minimum Gasteiger partial charge on any atom is -0.394 e. The van der Waals surface area contributed by atoms with Gasteiger partial charge in [-0.05, 0) is 0 Å². The quantitative estimate of drug-likeness (QED) is 0.406. The van der Waals surface area contributed by atoms with Crippen LogP contribution in [0.15, 0.2) is 0 Å². The van der Waals surface area contributed by atoms with Gasteiger partial charge in [0, 0.05) is 7.11 Å². The van der Waals surface area contributed by atoms with Crippen molar-refractivity contribution in [3.8, 4) is 0 Å². The van der Waals surface area contributed by atoms with Crippen LogP contribution in [-0.2, 0) is 19.1 Å². The van der Waals surface area contributed by atoms with Crippen LogP contribution in [0.25, 0.3) is 0 Å². The molecule has 1 aliphatic heterocycles. The Kier molecular flexibility index (Phi) is 5.17. The van der Waals surface area contributed by atoms with Gasteiger partial charge in [-0.2, -0.15) is 0 Å². The molecule has 1 heterocycles. The number of rotatable bonds is 6. The topological polar surface area (TPSA) is 164 Å². The first kappa shape index (κ1) is 15.3. The molecule has 0 aliphatic carbocycles. The van der Waals surface area contributed by atoms with E-state index in [9.17, 15) is 25.3 Å². The van der Waals surface area contributed by atoms with Crippen LogP contribution in [0.5, 0.6) is 0 Å². The van der Waals surface area contributed by atoms with E-state index in [0.717, 1.165) is 7.11 Å². The van der Waals surface area contributed by atoms with Gasteiger partial charge in [0.15, 0.2) is 18.5 Å². The second-order valence-corrected chi connectivity index (χ2v) is 3.54. The molecular weight excluding hydrogens is 272 g/mol. The summed E-state index contributed by atoms with van der Waals surface area (Å²) in [7, 11) is 1.11. The summed E-state index contributed by atoms with van der Waals surface area (Å²) in [4.78, 5) is 29.0. The average molecular weight is 284 g/mol. The smallest absolute Gasteiger partial charge is 0.295 e. The van der Waals surface area contributed by atoms with Crippen LogP contribution in [0, 0.1) is 20.2 Å². The molecule has 12 nitrogen and oxygen atoms in total. The van der Waals surface area contributed by atoms with Crippen molar-refractivity contribution in [1.29, 1.82) is 0 Å². The van der Waals surface area contributed by atoms with Gasteiger partial charge in [-0.1, -0.05) is 0 Å². The molecule has 0 unspecified atom stereocenters. The first-order valence-corrected chi connectivity index (χ1v) is 5.00. The van der Waals surface area contributed by atoms with Crippen LogP contribution in [0.3, 0.4) is 0 Å². The van der Waals surface area contributed by atoms with Crippen molar-refractivity contribution in [2.45, 2.75) is 30.7 Å². The summed E-state index contributed by atoms with van der Waals surface area (Å²) in [5.41, 5.74) is 0. The Morgan fingerprint density at radius 3 is 2.16 bits per heavy atom. The van der Waals surface area contributed by atoms with Crippen molar-refractivity contribution in [2.24, 2.45) is 0 Å². The normalized spacial score (nSPS) is 34.6. The number of aliphatic hydroxyl groups excluding tert-OH is 2. The SMILES string of the molecule is CO[C@@H]1O[C@H](CO)[C@@H](O)[C@H](O[N+](=O)[O-])[C@H]1O[N+](=O)[O-]. The molecule has 0 aromatic heterocycles. The lowest BCUT2D eigenvalue weighted by Gasteiger charge is -2.40. The highest BCUT2D eigenvalue weighted by Gasteiger charge is 2.49. The van der Waals surface area contributed by atoms with Crippen molar-refractivity contribution in [1.82, 2.24) is 0 Å². The maximum Gasteiger partial charge on any atom is 0.295 e. The van der Waals surface area contributed by atoms with Crippen LogP contribution in [-0.4, -0.2) is 64.8 Å². The highest BCUT2D eigenvalue weighted by atomic mass is 17.0. The van der Waals surface area contributed by atoms with Crippen molar-refractivity contribution in [3.05, 3.63) is 20.2 Å². The Morgan fingerprint density at radius 1 is 1.21 bits per heavy atom. The standard InChI is InChI=1S/C7H12N2O10/c1-16-7-6(19-9(14)15)5(18-8(12)13)4(11)3(2-10)17-7/h3-7,10-11H,2H2,1H3/t3-,4-,5+,6-,7-/m1/s1. The number of aliphatic hydroxyl groups is 2. The lowest BCUT2D eigenvalue weighted by atomic mass is 9.99. The fraction of sp³-hybridized carbons (Fsp3) is 1.00. The Morgan fingerprint density at radius 2 is 1.74 bits per heavy atom. The summed E-state index contributed by atoms with van der Waals surface area (Å²) < 4.78 is 9.69. The third kappa shape index (κ3) is 3.60. The number of hydrogen-bond acceptors (Lipinski definition) is 10. The molecule has 1 saturated heterocycles. The number of ether oxygens (including phenoxy) is 2. The van der Waals surface area contributed by atoms with Gasteiger partial charge in [-0.3, -0.25) is 0 Å². The van der Waals surface area contributed by atoms with E-state index in [0.29, 0.717) is 0 Å². The van der Waals surface area contributed by atoms with Crippen molar-refractivity contribution >= 4 is 0 Å². The number of nitrogens with zero attached hydrogens (tertiary/aromatic N) is 2. The molecule has 19 heavy (non-hydrogen) atoms. The van der Waals surface area contributed by atoms with Gasteiger partial charge >= 0.3 is 0 Å². The van der Waals surface area contributed by atoms with E-state index < -0.39 is 47.5 Å². The Bertz CT molecular complexity index is 338. The summed E-state index contributed by atoms with van der Waals surface area (Å²) in [6, 6.07) is 0. The monoisotopic (exact) mass is 284 g/mol. The highest BCUT2D eigenvalue weighted by Crippen LogP contribution is 2.26. The lowest BCUT2D eigenvalue weighted by Crippen LogP contribution is -2.61. The first-order valence-electron chi connectivity index (χ1n) is 5.00. The molecule has 2 N–H and O–H groups in total. The second-order valence-electron chi connectivity index (χ2n) is 3.54. The minimum atomic E-state index is -1.74. The molecule has 0 bridgehead atoms. The Labute approximate surface area is 105 Å². The number of methoxy groups -OCH3 is 1. The van der Waals surface area contributed by atoms with Crippen molar-refractivity contribution in [2.75, 3.05) is 13.7 Å². The fourth-order valence-electron chi connectivity index (χ4n) is 1.66. The molecule has 0 radical (unpaired) electrons. The van der Waals surface area contributed by atoms with Crippen LogP contribution < -0.4 is 0 Å². The zero-order valence-electron chi connectivity index (χ0n) is 9.65. The van der Waals surface area contributed by atoms with Gasteiger partial charge in [0.2, 0.25) is 0 Å². The van der Waals surface area contributed by atoms with Gasteiger partial charge in [0.1, 0.15) is 12.2 Å². The molecule has 0 amide bonds. The van der Waals surface area contributed by atoms with Crippen molar-refractivity contribution in [3.63, 3.8) is 0 Å². The van der Waals surface area contributed by atoms with E-state index in [1.165, 1.54) is 0 Å². The van der Waals surface area contributed by atoms with Crippen LogP contribution in [0.4, 0.5) is 0 Å². The minimum absolute atomic E-state index is 0.691. The summed E-state index contributed by atoms with van der Waals surface area (Å²) in [6.07, 6.45) is -7.80. The maximum absolute atomic E-state index is 10.3. The molecule has 5 atom stereocenters. The molecule has 1 aliphatic rings. The van der Waals surface area contributed by atoms with E-state index in [1.807, 2.05) is 0 Å². The average Bonchev–Trinajstić information content (AvgIpc) is 2.33. The van der Waals surface area contributed by atoms with Crippen LogP contribution in [0.2, 0.25) is 0 Å². The summed E-state index contributed by atoms with van der Waals surface area (Å²) in [5.74, 6) is 0. The lowest BCUT2D eigenvalue weighted by molar-refractivity contribution is -0.806. The summed E-state index contributed by atoms with van der Waals surface area (Å²) >= 11 is 0. The maximum atomic E-state index is 10.3. The van der Waals surface area contributed by atoms with E-state index in [4.69, 9.17) is 14.6 Å². The predicted octanol–water partition coefficient (Wildman–Crippen LogP) is -2.14. The second kappa shape index (κ2) is 6.42. The third-order valence-corrected chi connectivity index (χ3v) is 2.45. The molecule has 1 fully saturated rings. The molecule has 0 aromatic rings. The van der Waals surface area contributed by atoms with E-state index >= 15 is 0 Å². The molecule has 1 rings (SSSR count). The van der Waals surface area contributed by atoms with Crippen LogP contribution in [0.1, 0.15) is 0 Å². The molecule has 110 valence electrons. The Balaban J connectivity index is 2.96. The number of hydrogen-bond donors (Lipinski definition) is 2. The van der Waals surface area contributed by atoms with E-state index in [2.05, 4.69) is 9.68 Å². The fourth-order valence-corrected chi connectivity index (χ4v) is 1.66. The Hall–Kier alpha value is -1.76. The van der Waals surface area contributed by atoms with Gasteiger partial charge in [0.05, 0.1) is 6.61 Å². The zero-order valence-corrected chi connectivity index (χ0v) is 9.65. The van der Waals surface area contributed by atoms with Gasteiger partial charge in [0.25, 0.3) is 10.2 Å². The third-order valence-electron chi connectivity index (χ3n) is 2.45. The molecule has 12 heteroatoms. The molecule has 0 spiro atoms. The largest absolute Gasteiger partial charge is 0.394 e. The molecule has 0 aromatic carbocycles. The van der Waals surface area contributed by atoms with E-state index in [-0.39, 0.29) is 0 Å².